The lowest BCUT2D eigenvalue weighted by Crippen LogP contribution is -2.54. The van der Waals surface area contributed by atoms with E-state index in [1.165, 1.54) is 16.3 Å². The van der Waals surface area contributed by atoms with Crippen molar-refractivity contribution in [2.24, 2.45) is 0 Å². The van der Waals surface area contributed by atoms with Gasteiger partial charge in [0.15, 0.2) is 0 Å². The van der Waals surface area contributed by atoms with Crippen LogP contribution in [0.15, 0.2) is 85.1 Å². The zero-order valence-electron chi connectivity index (χ0n) is 20.8. The number of hydrogen-bond acceptors (Lipinski definition) is 5. The Morgan fingerprint density at radius 2 is 1.68 bits per heavy atom. The molecule has 2 aliphatic heterocycles. The molecule has 0 N–H and O–H groups in total. The van der Waals surface area contributed by atoms with Gasteiger partial charge in [-0.25, -0.2) is 4.98 Å². The van der Waals surface area contributed by atoms with Crippen molar-refractivity contribution in [1.29, 1.82) is 5.26 Å². The Morgan fingerprint density at radius 1 is 0.919 bits per heavy atom. The van der Waals surface area contributed by atoms with E-state index in [9.17, 15) is 4.79 Å². The first-order valence-electron chi connectivity index (χ1n) is 12.9. The molecule has 0 spiro atoms. The Bertz CT molecular complexity index is 1460. The number of nitriles is 1. The highest BCUT2D eigenvalue weighted by atomic mass is 16.2. The average Bonchev–Trinajstić information content (AvgIpc) is 2.97. The van der Waals surface area contributed by atoms with Gasteiger partial charge >= 0.3 is 0 Å². The molecule has 6 heteroatoms. The summed E-state index contributed by atoms with van der Waals surface area (Å²) in [5.41, 5.74) is 3.40. The Labute approximate surface area is 217 Å². The van der Waals surface area contributed by atoms with Gasteiger partial charge in [-0.15, -0.1) is 0 Å². The number of carbonyl (C=O) groups excluding carboxylic acids is 1. The maximum atomic E-state index is 13.8. The van der Waals surface area contributed by atoms with E-state index in [4.69, 9.17) is 10.2 Å². The summed E-state index contributed by atoms with van der Waals surface area (Å²) in [5.74, 6) is 1.06. The van der Waals surface area contributed by atoms with E-state index in [0.717, 1.165) is 57.1 Å². The quantitative estimate of drug-likeness (QED) is 0.410. The fraction of sp³-hybridized carbons (Fsp3) is 0.258. The van der Waals surface area contributed by atoms with Crippen molar-refractivity contribution in [3.05, 3.63) is 102 Å². The molecular formula is C31H29N5O. The first kappa shape index (κ1) is 23.2. The van der Waals surface area contributed by atoms with E-state index in [-0.39, 0.29) is 11.9 Å². The van der Waals surface area contributed by atoms with Crippen LogP contribution < -0.4 is 9.80 Å². The summed E-state index contributed by atoms with van der Waals surface area (Å²) < 4.78 is 0. The third-order valence-electron chi connectivity index (χ3n) is 7.64. The van der Waals surface area contributed by atoms with Gasteiger partial charge in [0.05, 0.1) is 17.7 Å². The summed E-state index contributed by atoms with van der Waals surface area (Å²) in [6.07, 6.45) is 3.80. The third kappa shape index (κ3) is 4.54. The SMILES string of the molecule is N#Cc1ccc(C(=O)N2c3ccccc3CCC2CN2CCN(c3nccc4ccccc34)CC2)cc1. The number of amides is 1. The van der Waals surface area contributed by atoms with E-state index < -0.39 is 0 Å². The van der Waals surface area contributed by atoms with Gasteiger partial charge in [-0.2, -0.15) is 5.26 Å². The average molecular weight is 488 g/mol. The zero-order chi connectivity index (χ0) is 25.2. The Hall–Kier alpha value is -4.21. The number of carbonyl (C=O) groups is 1. The maximum absolute atomic E-state index is 13.8. The van der Waals surface area contributed by atoms with Gasteiger partial charge in [0.1, 0.15) is 5.82 Å². The molecule has 6 rings (SSSR count). The number of nitrogens with zero attached hydrogens (tertiary/aromatic N) is 5. The minimum Gasteiger partial charge on any atom is -0.354 e. The number of hydrogen-bond donors (Lipinski definition) is 0. The van der Waals surface area contributed by atoms with Crippen molar-refractivity contribution in [2.45, 2.75) is 18.9 Å². The van der Waals surface area contributed by atoms with E-state index in [1.807, 2.05) is 23.2 Å². The molecule has 6 nitrogen and oxygen atoms in total. The number of para-hydroxylation sites is 1. The van der Waals surface area contributed by atoms with Gasteiger partial charge in [0.2, 0.25) is 0 Å². The number of pyridine rings is 1. The monoisotopic (exact) mass is 487 g/mol. The molecule has 184 valence electrons. The van der Waals surface area contributed by atoms with Crippen LogP contribution in [-0.2, 0) is 6.42 Å². The summed E-state index contributed by atoms with van der Waals surface area (Å²) >= 11 is 0. The highest BCUT2D eigenvalue weighted by Gasteiger charge is 2.33. The second-order valence-electron chi connectivity index (χ2n) is 9.83. The Kier molecular flexibility index (Phi) is 6.30. The maximum Gasteiger partial charge on any atom is 0.258 e. The highest BCUT2D eigenvalue weighted by Crippen LogP contribution is 2.33. The second kappa shape index (κ2) is 10.0. The van der Waals surface area contributed by atoms with Gasteiger partial charge in [-0.1, -0.05) is 42.5 Å². The minimum absolute atomic E-state index is 0.000214. The number of rotatable bonds is 4. The highest BCUT2D eigenvalue weighted by molar-refractivity contribution is 6.07. The fourth-order valence-electron chi connectivity index (χ4n) is 5.68. The standard InChI is InChI=1S/C31H29N5O/c32-21-23-9-11-26(12-10-23)31(37)36-27(14-13-25-6-2-4-8-29(25)36)22-34-17-19-35(20-18-34)30-28-7-3-1-5-24(28)15-16-33-30/h1-12,15-16,27H,13-14,17-20,22H2. The van der Waals surface area contributed by atoms with Crippen molar-refractivity contribution >= 4 is 28.2 Å². The molecule has 37 heavy (non-hydrogen) atoms. The molecule has 2 aliphatic rings. The third-order valence-corrected chi connectivity index (χ3v) is 7.64. The predicted octanol–water partition coefficient (Wildman–Crippen LogP) is 4.89. The summed E-state index contributed by atoms with van der Waals surface area (Å²) in [6.45, 7) is 4.53. The lowest BCUT2D eigenvalue weighted by atomic mass is 9.94. The summed E-state index contributed by atoms with van der Waals surface area (Å²) in [4.78, 5) is 25.4. The van der Waals surface area contributed by atoms with Crippen LogP contribution in [0.2, 0.25) is 0 Å². The number of aryl methyl sites for hydroxylation is 1. The lowest BCUT2D eigenvalue weighted by molar-refractivity contribution is 0.0963. The Morgan fingerprint density at radius 3 is 2.49 bits per heavy atom. The summed E-state index contributed by atoms with van der Waals surface area (Å²) in [7, 11) is 0. The molecule has 0 saturated carbocycles. The van der Waals surface area contributed by atoms with Crippen LogP contribution in [0, 0.1) is 11.3 Å². The molecule has 0 bridgehead atoms. The first-order valence-corrected chi connectivity index (χ1v) is 12.9. The molecule has 0 aliphatic carbocycles. The number of fused-ring (bicyclic) bond motifs is 2. The van der Waals surface area contributed by atoms with Crippen LogP contribution in [0.4, 0.5) is 11.5 Å². The molecular weight excluding hydrogens is 458 g/mol. The van der Waals surface area contributed by atoms with E-state index >= 15 is 0 Å². The van der Waals surface area contributed by atoms with E-state index in [0.29, 0.717) is 11.1 Å². The van der Waals surface area contributed by atoms with Gasteiger partial charge in [-0.05, 0) is 60.2 Å². The van der Waals surface area contributed by atoms with Crippen molar-refractivity contribution in [1.82, 2.24) is 9.88 Å². The van der Waals surface area contributed by atoms with Crippen LogP contribution >= 0.6 is 0 Å². The van der Waals surface area contributed by atoms with Gasteiger partial charge in [-0.3, -0.25) is 9.69 Å². The molecule has 4 aromatic rings. The van der Waals surface area contributed by atoms with Crippen molar-refractivity contribution < 1.29 is 4.79 Å². The fourth-order valence-corrected chi connectivity index (χ4v) is 5.68. The van der Waals surface area contributed by atoms with Crippen molar-refractivity contribution in [2.75, 3.05) is 42.5 Å². The van der Waals surface area contributed by atoms with Gasteiger partial charge in [0.25, 0.3) is 5.91 Å². The van der Waals surface area contributed by atoms with Crippen molar-refractivity contribution in [3.8, 4) is 6.07 Å². The summed E-state index contributed by atoms with van der Waals surface area (Å²) in [5, 5.41) is 11.6. The normalized spacial score (nSPS) is 17.9. The van der Waals surface area contributed by atoms with Gasteiger partial charge < -0.3 is 9.80 Å². The molecule has 1 fully saturated rings. The lowest BCUT2D eigenvalue weighted by Gasteiger charge is -2.42. The minimum atomic E-state index is 0.000214. The molecule has 3 aromatic carbocycles. The molecule has 1 unspecified atom stereocenters. The molecule has 1 saturated heterocycles. The van der Waals surface area contributed by atoms with Crippen LogP contribution in [0.3, 0.4) is 0 Å². The molecule has 0 radical (unpaired) electrons. The van der Waals surface area contributed by atoms with Crippen molar-refractivity contribution in [3.63, 3.8) is 0 Å². The first-order chi connectivity index (χ1) is 18.2. The number of aromatic nitrogens is 1. The summed E-state index contributed by atoms with van der Waals surface area (Å²) in [6, 6.07) is 27.9. The van der Waals surface area contributed by atoms with Crippen LogP contribution in [0.5, 0.6) is 0 Å². The largest absolute Gasteiger partial charge is 0.354 e. The second-order valence-corrected chi connectivity index (χ2v) is 9.83. The predicted molar refractivity (Wildman–Crippen MR) is 147 cm³/mol. The molecule has 1 atom stereocenters. The zero-order valence-corrected chi connectivity index (χ0v) is 20.8. The number of benzene rings is 3. The van der Waals surface area contributed by atoms with Crippen LogP contribution in [-0.4, -0.2) is 54.6 Å². The van der Waals surface area contributed by atoms with E-state index in [2.05, 4.69) is 58.3 Å². The Balaban J connectivity index is 1.20. The topological polar surface area (TPSA) is 63.5 Å². The number of anilines is 2. The molecule has 1 amide bonds. The van der Waals surface area contributed by atoms with Crippen LogP contribution in [0.1, 0.15) is 27.9 Å². The molecule has 3 heterocycles. The number of piperazine rings is 1. The van der Waals surface area contributed by atoms with Gasteiger partial charge in [0, 0.05) is 55.6 Å². The smallest absolute Gasteiger partial charge is 0.258 e. The molecule has 1 aromatic heterocycles. The van der Waals surface area contributed by atoms with E-state index in [1.54, 1.807) is 24.3 Å². The van der Waals surface area contributed by atoms with Crippen LogP contribution in [0.25, 0.3) is 10.8 Å².